The van der Waals surface area contributed by atoms with E-state index in [1.54, 1.807) is 0 Å². The second-order valence-corrected chi connectivity index (χ2v) is 2.54. The van der Waals surface area contributed by atoms with Gasteiger partial charge in [0.2, 0.25) is 0 Å². The lowest BCUT2D eigenvalue weighted by Gasteiger charge is -2.06. The first-order chi connectivity index (χ1) is 5.08. The maximum absolute atomic E-state index is 10.2. The summed E-state index contributed by atoms with van der Waals surface area (Å²) in [7, 11) is 0. The molecule has 2 nitrogen and oxygen atoms in total. The number of hydrogen-bond donors (Lipinski definition) is 0. The molecular weight excluding hydrogens is 140 g/mol. The van der Waals surface area contributed by atoms with Gasteiger partial charge in [0, 0.05) is 6.92 Å². The molecule has 68 valence electrons. The fourth-order valence-electron chi connectivity index (χ4n) is 0.367. The molecule has 0 heterocycles. The van der Waals surface area contributed by atoms with Crippen LogP contribution in [-0.4, -0.2) is 12.1 Å². The molecule has 0 aliphatic carbocycles. The van der Waals surface area contributed by atoms with Crippen molar-refractivity contribution in [1.82, 2.24) is 0 Å². The van der Waals surface area contributed by atoms with E-state index in [0.717, 1.165) is 6.42 Å². The van der Waals surface area contributed by atoms with Crippen LogP contribution in [0.1, 0.15) is 47.5 Å². The minimum atomic E-state index is -0.195. The van der Waals surface area contributed by atoms with Crippen LogP contribution in [0.25, 0.3) is 0 Å². The van der Waals surface area contributed by atoms with Crippen LogP contribution in [0.5, 0.6) is 0 Å². The standard InChI is InChI=1S/C6H12O2.C3H8/c1-4-5(2)8-6(3)7;1-3-2/h5H,4H2,1-3H3;3H2,1-2H3. The summed E-state index contributed by atoms with van der Waals surface area (Å²) in [6, 6.07) is 0. The summed E-state index contributed by atoms with van der Waals surface area (Å²) in [5, 5.41) is 0. The monoisotopic (exact) mass is 160 g/mol. The van der Waals surface area contributed by atoms with Crippen molar-refractivity contribution in [1.29, 1.82) is 0 Å². The predicted molar refractivity (Wildman–Crippen MR) is 47.5 cm³/mol. The highest BCUT2D eigenvalue weighted by molar-refractivity contribution is 5.66. The molecule has 0 N–H and O–H groups in total. The van der Waals surface area contributed by atoms with Crippen molar-refractivity contribution in [3.05, 3.63) is 0 Å². The Labute approximate surface area is 69.9 Å². The highest BCUT2D eigenvalue weighted by Crippen LogP contribution is 1.94. The van der Waals surface area contributed by atoms with Gasteiger partial charge in [-0.25, -0.2) is 0 Å². The van der Waals surface area contributed by atoms with Gasteiger partial charge in [-0.15, -0.1) is 0 Å². The van der Waals surface area contributed by atoms with E-state index in [1.807, 2.05) is 13.8 Å². The van der Waals surface area contributed by atoms with Gasteiger partial charge in [-0.05, 0) is 13.3 Å². The Kier molecular flexibility index (Phi) is 11.3. The Morgan fingerprint density at radius 2 is 1.73 bits per heavy atom. The largest absolute Gasteiger partial charge is 0.463 e. The Morgan fingerprint density at radius 3 is 1.82 bits per heavy atom. The zero-order valence-corrected chi connectivity index (χ0v) is 8.31. The third kappa shape index (κ3) is 17.7. The average molecular weight is 160 g/mol. The van der Waals surface area contributed by atoms with Crippen molar-refractivity contribution in [3.63, 3.8) is 0 Å². The second-order valence-electron chi connectivity index (χ2n) is 2.54. The van der Waals surface area contributed by atoms with E-state index in [1.165, 1.54) is 13.3 Å². The van der Waals surface area contributed by atoms with Crippen molar-refractivity contribution in [2.75, 3.05) is 0 Å². The molecule has 0 aliphatic rings. The van der Waals surface area contributed by atoms with E-state index in [0.29, 0.717) is 0 Å². The molecule has 0 spiro atoms. The molecule has 0 fully saturated rings. The summed E-state index contributed by atoms with van der Waals surface area (Å²) < 4.78 is 4.76. The molecule has 0 rings (SSSR count). The normalized spacial score (nSPS) is 11.0. The Hall–Kier alpha value is -0.530. The quantitative estimate of drug-likeness (QED) is 0.580. The van der Waals surface area contributed by atoms with Gasteiger partial charge in [-0.3, -0.25) is 4.79 Å². The van der Waals surface area contributed by atoms with Crippen LogP contribution >= 0.6 is 0 Å². The fourth-order valence-corrected chi connectivity index (χ4v) is 0.367. The lowest BCUT2D eigenvalue weighted by Crippen LogP contribution is -2.09. The predicted octanol–water partition coefficient (Wildman–Crippen LogP) is 2.76. The average Bonchev–Trinajstić information content (AvgIpc) is 1.88. The molecule has 1 unspecified atom stereocenters. The summed E-state index contributed by atoms with van der Waals surface area (Å²) in [4.78, 5) is 10.2. The fraction of sp³-hybridized carbons (Fsp3) is 0.889. The summed E-state index contributed by atoms with van der Waals surface area (Å²) in [6.45, 7) is 9.53. The van der Waals surface area contributed by atoms with Gasteiger partial charge in [0.1, 0.15) is 0 Å². The van der Waals surface area contributed by atoms with Crippen LogP contribution in [0.2, 0.25) is 0 Å². The molecule has 0 saturated heterocycles. The number of ether oxygens (including phenoxy) is 1. The summed E-state index contributed by atoms with van der Waals surface area (Å²) in [6.07, 6.45) is 2.21. The SMILES string of the molecule is CCC.CCC(C)OC(C)=O. The minimum Gasteiger partial charge on any atom is -0.463 e. The Bertz CT molecular complexity index is 89.6. The van der Waals surface area contributed by atoms with E-state index >= 15 is 0 Å². The van der Waals surface area contributed by atoms with Crippen LogP contribution in [0, 0.1) is 0 Å². The Morgan fingerprint density at radius 1 is 1.36 bits per heavy atom. The van der Waals surface area contributed by atoms with E-state index < -0.39 is 0 Å². The highest BCUT2D eigenvalue weighted by atomic mass is 16.5. The molecule has 0 saturated carbocycles. The third-order valence-electron chi connectivity index (χ3n) is 0.942. The molecule has 0 radical (unpaired) electrons. The maximum atomic E-state index is 10.2. The minimum absolute atomic E-state index is 0.0764. The van der Waals surface area contributed by atoms with Crippen molar-refractivity contribution < 1.29 is 9.53 Å². The molecule has 0 aromatic rings. The molecule has 0 bridgehead atoms. The highest BCUT2D eigenvalue weighted by Gasteiger charge is 1.99. The van der Waals surface area contributed by atoms with Crippen molar-refractivity contribution in [2.24, 2.45) is 0 Å². The van der Waals surface area contributed by atoms with Gasteiger partial charge in [-0.2, -0.15) is 0 Å². The van der Waals surface area contributed by atoms with E-state index in [9.17, 15) is 4.79 Å². The number of carbonyl (C=O) groups is 1. The van der Waals surface area contributed by atoms with Crippen LogP contribution in [-0.2, 0) is 9.53 Å². The van der Waals surface area contributed by atoms with Gasteiger partial charge in [-0.1, -0.05) is 27.2 Å². The van der Waals surface area contributed by atoms with Crippen LogP contribution < -0.4 is 0 Å². The molecule has 0 aromatic heterocycles. The zero-order chi connectivity index (χ0) is 9.28. The summed E-state index contributed by atoms with van der Waals surface area (Å²) >= 11 is 0. The number of carbonyl (C=O) groups excluding carboxylic acids is 1. The van der Waals surface area contributed by atoms with Crippen LogP contribution in [0.4, 0.5) is 0 Å². The second kappa shape index (κ2) is 9.47. The number of rotatable bonds is 2. The molecular formula is C9H20O2. The molecule has 1 atom stereocenters. The number of hydrogen-bond acceptors (Lipinski definition) is 2. The van der Waals surface area contributed by atoms with Crippen molar-refractivity contribution >= 4 is 5.97 Å². The first-order valence-electron chi connectivity index (χ1n) is 4.25. The van der Waals surface area contributed by atoms with E-state index in [4.69, 9.17) is 4.74 Å². The van der Waals surface area contributed by atoms with Gasteiger partial charge >= 0.3 is 5.97 Å². The smallest absolute Gasteiger partial charge is 0.302 e. The molecule has 11 heavy (non-hydrogen) atoms. The number of esters is 1. The van der Waals surface area contributed by atoms with Gasteiger partial charge in [0.15, 0.2) is 0 Å². The van der Waals surface area contributed by atoms with E-state index in [-0.39, 0.29) is 12.1 Å². The van der Waals surface area contributed by atoms with Gasteiger partial charge < -0.3 is 4.74 Å². The lowest BCUT2D eigenvalue weighted by molar-refractivity contribution is -0.145. The summed E-state index contributed by atoms with van der Waals surface area (Å²) in [5.41, 5.74) is 0. The van der Waals surface area contributed by atoms with Crippen LogP contribution in [0.3, 0.4) is 0 Å². The molecule has 0 amide bonds. The molecule has 0 aliphatic heterocycles. The van der Waals surface area contributed by atoms with Crippen LogP contribution in [0.15, 0.2) is 0 Å². The lowest BCUT2D eigenvalue weighted by atomic mass is 10.3. The maximum Gasteiger partial charge on any atom is 0.302 e. The van der Waals surface area contributed by atoms with E-state index in [2.05, 4.69) is 13.8 Å². The first-order valence-corrected chi connectivity index (χ1v) is 4.25. The third-order valence-corrected chi connectivity index (χ3v) is 0.942. The van der Waals surface area contributed by atoms with Crippen molar-refractivity contribution in [2.45, 2.75) is 53.6 Å². The topological polar surface area (TPSA) is 26.3 Å². The summed E-state index contributed by atoms with van der Waals surface area (Å²) in [5.74, 6) is -0.195. The van der Waals surface area contributed by atoms with Gasteiger partial charge in [0.05, 0.1) is 6.10 Å². The zero-order valence-electron chi connectivity index (χ0n) is 8.31. The Balaban J connectivity index is 0. The van der Waals surface area contributed by atoms with Gasteiger partial charge in [0.25, 0.3) is 0 Å². The molecule has 0 aromatic carbocycles. The van der Waals surface area contributed by atoms with Crippen molar-refractivity contribution in [3.8, 4) is 0 Å². The first kappa shape index (κ1) is 13.1. The molecule has 2 heteroatoms.